The number of benzene rings is 1. The van der Waals surface area contributed by atoms with E-state index in [1.165, 1.54) is 4.68 Å². The Hall–Kier alpha value is -3.01. The van der Waals surface area contributed by atoms with Gasteiger partial charge in [-0.2, -0.15) is 9.78 Å². The van der Waals surface area contributed by atoms with Crippen LogP contribution in [0.25, 0.3) is 28.2 Å². The standard InChI is InChI=1S/C19H17Cl2N9/c20-15-2-1-3-16(17(15)21)30-19(26-27-28-30)14-6-11(7-24-18(14)22)12-8-25-29(10-12)13-4-5-23-9-13/h1-3,6-8,10,13,23H,4-5,9H2,(H2,22,24)/t13-/m0/s1. The van der Waals surface area contributed by atoms with Crippen molar-refractivity contribution in [3.8, 4) is 28.2 Å². The summed E-state index contributed by atoms with van der Waals surface area (Å²) in [6, 6.07) is 7.51. The Kier molecular flexibility index (Phi) is 4.86. The van der Waals surface area contributed by atoms with Crippen molar-refractivity contribution < 1.29 is 0 Å². The molecule has 0 amide bonds. The van der Waals surface area contributed by atoms with Crippen molar-refractivity contribution in [2.24, 2.45) is 0 Å². The van der Waals surface area contributed by atoms with Crippen molar-refractivity contribution in [3.05, 3.63) is 52.9 Å². The molecule has 152 valence electrons. The molecule has 0 saturated carbocycles. The van der Waals surface area contributed by atoms with Crippen molar-refractivity contribution in [2.75, 3.05) is 18.8 Å². The highest BCUT2D eigenvalue weighted by Gasteiger charge is 2.20. The second kappa shape index (κ2) is 7.67. The largest absolute Gasteiger partial charge is 0.383 e. The van der Waals surface area contributed by atoms with Gasteiger partial charge in [-0.25, -0.2) is 4.98 Å². The van der Waals surface area contributed by atoms with E-state index < -0.39 is 0 Å². The predicted octanol–water partition coefficient (Wildman–Crippen LogP) is 3.01. The highest BCUT2D eigenvalue weighted by atomic mass is 35.5. The van der Waals surface area contributed by atoms with Gasteiger partial charge in [0.25, 0.3) is 0 Å². The Morgan fingerprint density at radius 3 is 2.90 bits per heavy atom. The summed E-state index contributed by atoms with van der Waals surface area (Å²) in [5, 5.41) is 20.6. The van der Waals surface area contributed by atoms with Gasteiger partial charge in [-0.05, 0) is 41.6 Å². The molecule has 1 atom stereocenters. The molecule has 1 aromatic carbocycles. The molecule has 1 aliphatic rings. The molecule has 5 rings (SSSR count). The second-order valence-electron chi connectivity index (χ2n) is 7.00. The first kappa shape index (κ1) is 19.0. The summed E-state index contributed by atoms with van der Waals surface area (Å²) in [6.07, 6.45) is 6.62. The molecule has 30 heavy (non-hydrogen) atoms. The number of nitrogens with zero attached hydrogens (tertiary/aromatic N) is 7. The molecular weight excluding hydrogens is 425 g/mol. The Morgan fingerprint density at radius 1 is 1.17 bits per heavy atom. The SMILES string of the molecule is Nc1ncc(-c2cnn([C@H]3CCNC3)c2)cc1-c1nnnn1-c1cccc(Cl)c1Cl. The number of hydrogen-bond donors (Lipinski definition) is 2. The van der Waals surface area contributed by atoms with E-state index in [0.717, 1.165) is 30.6 Å². The fraction of sp³-hybridized carbons (Fsp3) is 0.211. The van der Waals surface area contributed by atoms with E-state index in [4.69, 9.17) is 28.9 Å². The summed E-state index contributed by atoms with van der Waals surface area (Å²) < 4.78 is 3.49. The lowest BCUT2D eigenvalue weighted by Gasteiger charge is -2.10. The number of nitrogens with one attached hydrogen (secondary N) is 1. The number of aromatic nitrogens is 7. The predicted molar refractivity (Wildman–Crippen MR) is 115 cm³/mol. The van der Waals surface area contributed by atoms with Gasteiger partial charge in [0.05, 0.1) is 33.5 Å². The fourth-order valence-corrected chi connectivity index (χ4v) is 3.91. The molecule has 0 spiro atoms. The van der Waals surface area contributed by atoms with E-state index in [1.54, 1.807) is 24.4 Å². The molecule has 9 nitrogen and oxygen atoms in total. The Labute approximate surface area is 181 Å². The molecule has 3 aromatic heterocycles. The number of anilines is 1. The number of rotatable bonds is 4. The topological polar surface area (TPSA) is 112 Å². The van der Waals surface area contributed by atoms with E-state index in [0.29, 0.717) is 39.0 Å². The van der Waals surface area contributed by atoms with Crippen LogP contribution in [0.5, 0.6) is 0 Å². The van der Waals surface area contributed by atoms with Gasteiger partial charge in [0.15, 0.2) is 5.82 Å². The minimum Gasteiger partial charge on any atom is -0.383 e. The van der Waals surface area contributed by atoms with Crippen LogP contribution in [-0.2, 0) is 0 Å². The third-order valence-corrected chi connectivity index (χ3v) is 5.94. The fourth-order valence-electron chi connectivity index (χ4n) is 3.54. The van der Waals surface area contributed by atoms with E-state index >= 15 is 0 Å². The third kappa shape index (κ3) is 3.30. The van der Waals surface area contributed by atoms with Crippen LogP contribution in [0.3, 0.4) is 0 Å². The zero-order valence-corrected chi connectivity index (χ0v) is 17.2. The molecule has 3 N–H and O–H groups in total. The monoisotopic (exact) mass is 441 g/mol. The van der Waals surface area contributed by atoms with Gasteiger partial charge in [-0.1, -0.05) is 29.3 Å². The molecule has 1 saturated heterocycles. The third-order valence-electron chi connectivity index (χ3n) is 5.13. The quantitative estimate of drug-likeness (QED) is 0.500. The highest BCUT2D eigenvalue weighted by Crippen LogP contribution is 2.33. The molecular formula is C19H17Cl2N9. The van der Waals surface area contributed by atoms with Crippen molar-refractivity contribution in [1.29, 1.82) is 0 Å². The van der Waals surface area contributed by atoms with Gasteiger partial charge in [-0.3, -0.25) is 4.68 Å². The summed E-state index contributed by atoms with van der Waals surface area (Å²) in [6.45, 7) is 1.92. The summed E-state index contributed by atoms with van der Waals surface area (Å²) in [5.74, 6) is 0.721. The number of hydrogen-bond acceptors (Lipinski definition) is 7. The first-order chi connectivity index (χ1) is 14.6. The van der Waals surface area contributed by atoms with Gasteiger partial charge in [0.1, 0.15) is 5.82 Å². The minimum atomic E-state index is 0.306. The zero-order valence-electron chi connectivity index (χ0n) is 15.7. The van der Waals surface area contributed by atoms with Crippen LogP contribution in [0.4, 0.5) is 5.82 Å². The van der Waals surface area contributed by atoms with Crippen LogP contribution < -0.4 is 11.1 Å². The lowest BCUT2D eigenvalue weighted by atomic mass is 10.1. The maximum atomic E-state index is 6.36. The van der Waals surface area contributed by atoms with Crippen LogP contribution >= 0.6 is 23.2 Å². The number of halogens is 2. The molecule has 0 unspecified atom stereocenters. The highest BCUT2D eigenvalue weighted by molar-refractivity contribution is 6.43. The van der Waals surface area contributed by atoms with Crippen LogP contribution in [0.2, 0.25) is 10.0 Å². The van der Waals surface area contributed by atoms with Gasteiger partial charge >= 0.3 is 0 Å². The maximum absolute atomic E-state index is 6.36. The van der Waals surface area contributed by atoms with Crippen LogP contribution in [0, 0.1) is 0 Å². The summed E-state index contributed by atoms with van der Waals surface area (Å²) >= 11 is 12.5. The molecule has 11 heteroatoms. The van der Waals surface area contributed by atoms with Gasteiger partial charge in [-0.15, -0.1) is 5.10 Å². The number of nitrogens with two attached hydrogens (primary N) is 1. The van der Waals surface area contributed by atoms with Crippen LogP contribution in [-0.4, -0.2) is 48.1 Å². The Balaban J connectivity index is 1.56. The van der Waals surface area contributed by atoms with Crippen molar-refractivity contribution in [3.63, 3.8) is 0 Å². The van der Waals surface area contributed by atoms with E-state index in [-0.39, 0.29) is 0 Å². The smallest absolute Gasteiger partial charge is 0.190 e. The average Bonchev–Trinajstić information content (AvgIpc) is 3.51. The average molecular weight is 442 g/mol. The van der Waals surface area contributed by atoms with E-state index in [2.05, 4.69) is 30.9 Å². The Morgan fingerprint density at radius 2 is 2.07 bits per heavy atom. The summed E-state index contributed by atoms with van der Waals surface area (Å²) in [4.78, 5) is 4.35. The molecule has 4 heterocycles. The molecule has 0 radical (unpaired) electrons. The minimum absolute atomic E-state index is 0.306. The molecule has 4 aromatic rings. The van der Waals surface area contributed by atoms with Crippen LogP contribution in [0.15, 0.2) is 42.9 Å². The normalized spacial score (nSPS) is 16.3. The van der Waals surface area contributed by atoms with Crippen molar-refractivity contribution >= 4 is 29.0 Å². The number of pyridine rings is 1. The van der Waals surface area contributed by atoms with Crippen LogP contribution in [0.1, 0.15) is 12.5 Å². The lowest BCUT2D eigenvalue weighted by Crippen LogP contribution is -2.13. The van der Waals surface area contributed by atoms with Gasteiger partial charge < -0.3 is 11.1 Å². The first-order valence-electron chi connectivity index (χ1n) is 9.35. The summed E-state index contributed by atoms with van der Waals surface area (Å²) in [7, 11) is 0. The number of nitrogen functional groups attached to an aromatic ring is 1. The molecule has 1 aliphatic heterocycles. The lowest BCUT2D eigenvalue weighted by molar-refractivity contribution is 0.491. The molecule has 1 fully saturated rings. The van der Waals surface area contributed by atoms with Gasteiger partial charge in [0, 0.05) is 30.1 Å². The van der Waals surface area contributed by atoms with E-state index in [1.807, 2.05) is 23.1 Å². The zero-order chi connectivity index (χ0) is 20.7. The first-order valence-corrected chi connectivity index (χ1v) is 10.1. The Bertz CT molecular complexity index is 1210. The molecule has 0 aliphatic carbocycles. The van der Waals surface area contributed by atoms with Gasteiger partial charge in [0.2, 0.25) is 0 Å². The van der Waals surface area contributed by atoms with Crippen molar-refractivity contribution in [1.82, 2.24) is 40.3 Å². The maximum Gasteiger partial charge on any atom is 0.190 e. The molecule has 0 bridgehead atoms. The summed E-state index contributed by atoms with van der Waals surface area (Å²) in [5.41, 5.74) is 9.11. The van der Waals surface area contributed by atoms with Crippen molar-refractivity contribution in [2.45, 2.75) is 12.5 Å². The second-order valence-corrected chi connectivity index (χ2v) is 7.78. The number of tetrazole rings is 1. The van der Waals surface area contributed by atoms with E-state index in [9.17, 15) is 0 Å².